The maximum absolute atomic E-state index is 12.7. The number of alkyl halides is 3. The third kappa shape index (κ3) is 4.63. The van der Waals surface area contributed by atoms with Gasteiger partial charge in [0.2, 0.25) is 11.7 Å². The molecule has 1 amide bonds. The molecule has 0 spiro atoms. The standard InChI is InChI=1S/C21H21F3N4O3/c1-13-11-17(14(2)30-13)20(29)28-9-7-27(8-10-28)12-18-25-19(26-31-18)15-3-5-16(6-4-15)21(22,23)24/h3-6,11H,7-10,12H2,1-2H3. The smallest absolute Gasteiger partial charge is 0.416 e. The molecule has 0 bridgehead atoms. The molecule has 1 saturated heterocycles. The van der Waals surface area contributed by atoms with E-state index in [1.54, 1.807) is 17.9 Å². The Morgan fingerprint density at radius 1 is 1.10 bits per heavy atom. The van der Waals surface area contributed by atoms with Crippen molar-refractivity contribution in [2.24, 2.45) is 0 Å². The van der Waals surface area contributed by atoms with Gasteiger partial charge in [-0.15, -0.1) is 0 Å². The van der Waals surface area contributed by atoms with Gasteiger partial charge in [0.1, 0.15) is 11.5 Å². The van der Waals surface area contributed by atoms with Crippen LogP contribution in [0.25, 0.3) is 11.4 Å². The molecule has 31 heavy (non-hydrogen) atoms. The van der Waals surface area contributed by atoms with Crippen LogP contribution in [0.2, 0.25) is 0 Å². The molecule has 4 rings (SSSR count). The number of furan rings is 1. The average molecular weight is 434 g/mol. The maximum atomic E-state index is 12.7. The van der Waals surface area contributed by atoms with Crippen molar-refractivity contribution in [3.05, 3.63) is 58.9 Å². The number of nitrogens with zero attached hydrogens (tertiary/aromatic N) is 4. The van der Waals surface area contributed by atoms with Crippen LogP contribution in [0.5, 0.6) is 0 Å². The fraction of sp³-hybridized carbons (Fsp3) is 0.381. The summed E-state index contributed by atoms with van der Waals surface area (Å²) in [5.74, 6) is 1.89. The Morgan fingerprint density at radius 2 is 1.77 bits per heavy atom. The van der Waals surface area contributed by atoms with Crippen molar-refractivity contribution >= 4 is 5.91 Å². The van der Waals surface area contributed by atoms with Crippen LogP contribution in [-0.4, -0.2) is 52.0 Å². The van der Waals surface area contributed by atoms with Crippen molar-refractivity contribution in [2.75, 3.05) is 26.2 Å². The van der Waals surface area contributed by atoms with E-state index in [2.05, 4.69) is 15.0 Å². The lowest BCUT2D eigenvalue weighted by Gasteiger charge is -2.33. The highest BCUT2D eigenvalue weighted by Gasteiger charge is 2.30. The normalized spacial score (nSPS) is 15.5. The predicted octanol–water partition coefficient (Wildman–Crippen LogP) is 3.92. The lowest BCUT2D eigenvalue weighted by molar-refractivity contribution is -0.137. The molecule has 0 saturated carbocycles. The molecule has 1 aliphatic rings. The fourth-order valence-corrected chi connectivity index (χ4v) is 3.56. The van der Waals surface area contributed by atoms with Crippen molar-refractivity contribution in [1.29, 1.82) is 0 Å². The van der Waals surface area contributed by atoms with E-state index in [9.17, 15) is 18.0 Å². The number of benzene rings is 1. The Kier molecular flexibility index (Phi) is 5.57. The van der Waals surface area contributed by atoms with Gasteiger partial charge in [0, 0.05) is 31.7 Å². The van der Waals surface area contributed by atoms with Crippen LogP contribution in [-0.2, 0) is 12.7 Å². The van der Waals surface area contributed by atoms with Crippen molar-refractivity contribution < 1.29 is 26.9 Å². The van der Waals surface area contributed by atoms with Gasteiger partial charge in [0.25, 0.3) is 5.91 Å². The van der Waals surface area contributed by atoms with Crippen LogP contribution in [0.15, 0.2) is 39.3 Å². The van der Waals surface area contributed by atoms with Gasteiger partial charge in [-0.2, -0.15) is 18.2 Å². The van der Waals surface area contributed by atoms with Crippen molar-refractivity contribution in [3.63, 3.8) is 0 Å². The first-order chi connectivity index (χ1) is 14.7. The SMILES string of the molecule is Cc1cc(C(=O)N2CCN(Cc3nc(-c4ccc(C(F)(F)F)cc4)no3)CC2)c(C)o1. The quantitative estimate of drug-likeness (QED) is 0.620. The van der Waals surface area contributed by atoms with E-state index in [-0.39, 0.29) is 11.7 Å². The summed E-state index contributed by atoms with van der Waals surface area (Å²) in [7, 11) is 0. The van der Waals surface area contributed by atoms with E-state index in [1.807, 2.05) is 6.92 Å². The fourth-order valence-electron chi connectivity index (χ4n) is 3.56. The maximum Gasteiger partial charge on any atom is 0.416 e. The molecular formula is C21H21F3N4O3. The lowest BCUT2D eigenvalue weighted by atomic mass is 10.1. The number of carbonyl (C=O) groups excluding carboxylic acids is 1. The molecule has 7 nitrogen and oxygen atoms in total. The van der Waals surface area contributed by atoms with Gasteiger partial charge in [-0.05, 0) is 32.0 Å². The summed E-state index contributed by atoms with van der Waals surface area (Å²) in [6.07, 6.45) is -4.39. The Morgan fingerprint density at radius 3 is 2.35 bits per heavy atom. The van der Waals surface area contributed by atoms with Gasteiger partial charge in [-0.1, -0.05) is 17.3 Å². The molecule has 0 atom stereocenters. The molecule has 10 heteroatoms. The predicted molar refractivity (Wildman–Crippen MR) is 104 cm³/mol. The summed E-state index contributed by atoms with van der Waals surface area (Å²) in [5, 5.41) is 3.87. The van der Waals surface area contributed by atoms with E-state index in [0.717, 1.165) is 12.1 Å². The van der Waals surface area contributed by atoms with Crippen LogP contribution in [0.1, 0.15) is 33.3 Å². The first-order valence-corrected chi connectivity index (χ1v) is 9.79. The molecule has 0 aliphatic carbocycles. The van der Waals surface area contributed by atoms with E-state index < -0.39 is 11.7 Å². The van der Waals surface area contributed by atoms with Crippen LogP contribution in [0.4, 0.5) is 13.2 Å². The summed E-state index contributed by atoms with van der Waals surface area (Å²) >= 11 is 0. The minimum atomic E-state index is -4.39. The highest BCUT2D eigenvalue weighted by molar-refractivity contribution is 5.95. The first kappa shape index (κ1) is 21.1. The van der Waals surface area contributed by atoms with Crippen LogP contribution in [0.3, 0.4) is 0 Å². The zero-order valence-corrected chi connectivity index (χ0v) is 17.1. The number of halogens is 3. The second-order valence-corrected chi connectivity index (χ2v) is 7.48. The van der Waals surface area contributed by atoms with Crippen LogP contribution < -0.4 is 0 Å². The second-order valence-electron chi connectivity index (χ2n) is 7.48. The molecule has 0 N–H and O–H groups in total. The van der Waals surface area contributed by atoms with E-state index in [1.165, 1.54) is 12.1 Å². The van der Waals surface area contributed by atoms with Crippen LogP contribution in [0, 0.1) is 13.8 Å². The number of amides is 1. The summed E-state index contributed by atoms with van der Waals surface area (Å²) in [5.41, 5.74) is 0.307. The third-order valence-electron chi connectivity index (χ3n) is 5.23. The van der Waals surface area contributed by atoms with Gasteiger partial charge >= 0.3 is 6.18 Å². The van der Waals surface area contributed by atoms with E-state index >= 15 is 0 Å². The van der Waals surface area contributed by atoms with Gasteiger partial charge in [-0.25, -0.2) is 0 Å². The Hall–Kier alpha value is -3.14. The lowest BCUT2D eigenvalue weighted by Crippen LogP contribution is -2.48. The highest BCUT2D eigenvalue weighted by atomic mass is 19.4. The summed E-state index contributed by atoms with van der Waals surface area (Å²) < 4.78 is 48.8. The number of aryl methyl sites for hydroxylation is 2. The molecule has 1 fully saturated rings. The largest absolute Gasteiger partial charge is 0.466 e. The Bertz CT molecular complexity index is 1060. The number of piperazine rings is 1. The van der Waals surface area contributed by atoms with Gasteiger partial charge in [-0.3, -0.25) is 9.69 Å². The average Bonchev–Trinajstić information content (AvgIpc) is 3.33. The van der Waals surface area contributed by atoms with Crippen molar-refractivity contribution in [1.82, 2.24) is 19.9 Å². The molecule has 3 heterocycles. The molecular weight excluding hydrogens is 413 g/mol. The molecule has 1 aromatic carbocycles. The molecule has 164 valence electrons. The third-order valence-corrected chi connectivity index (χ3v) is 5.23. The summed E-state index contributed by atoms with van der Waals surface area (Å²) in [4.78, 5) is 20.8. The second kappa shape index (κ2) is 8.18. The van der Waals surface area contributed by atoms with Crippen molar-refractivity contribution in [2.45, 2.75) is 26.6 Å². The number of hydrogen-bond donors (Lipinski definition) is 0. The summed E-state index contributed by atoms with van der Waals surface area (Å²) in [6.45, 7) is 6.38. The number of aromatic nitrogens is 2. The monoisotopic (exact) mass is 434 g/mol. The van der Waals surface area contributed by atoms with E-state index in [0.29, 0.717) is 61.3 Å². The topological polar surface area (TPSA) is 75.6 Å². The van der Waals surface area contributed by atoms with Gasteiger partial charge < -0.3 is 13.8 Å². The van der Waals surface area contributed by atoms with Gasteiger partial charge in [0.15, 0.2) is 0 Å². The van der Waals surface area contributed by atoms with Crippen molar-refractivity contribution in [3.8, 4) is 11.4 Å². The van der Waals surface area contributed by atoms with Gasteiger partial charge in [0.05, 0.1) is 17.7 Å². The number of rotatable bonds is 4. The molecule has 2 aromatic heterocycles. The minimum Gasteiger partial charge on any atom is -0.466 e. The Balaban J connectivity index is 1.34. The Labute approximate surface area is 176 Å². The zero-order chi connectivity index (χ0) is 22.2. The van der Waals surface area contributed by atoms with E-state index in [4.69, 9.17) is 8.94 Å². The number of carbonyl (C=O) groups is 1. The molecule has 0 radical (unpaired) electrons. The summed E-state index contributed by atoms with van der Waals surface area (Å²) in [6, 6.07) is 6.38. The molecule has 3 aromatic rings. The highest BCUT2D eigenvalue weighted by Crippen LogP contribution is 2.30. The van der Waals surface area contributed by atoms with Crippen LogP contribution >= 0.6 is 0 Å². The first-order valence-electron chi connectivity index (χ1n) is 9.79. The molecule has 0 unspecified atom stereocenters. The zero-order valence-electron chi connectivity index (χ0n) is 17.1. The number of hydrogen-bond acceptors (Lipinski definition) is 6. The minimum absolute atomic E-state index is 0.0450. The molecule has 1 aliphatic heterocycles.